The van der Waals surface area contributed by atoms with Gasteiger partial charge in [-0.3, -0.25) is 20.2 Å². The van der Waals surface area contributed by atoms with Crippen molar-refractivity contribution >= 4 is 0 Å². The van der Waals surface area contributed by atoms with E-state index in [4.69, 9.17) is 5.11 Å². The van der Waals surface area contributed by atoms with Crippen molar-refractivity contribution in [1.29, 1.82) is 0 Å². The van der Waals surface area contributed by atoms with Gasteiger partial charge in [0.2, 0.25) is 0 Å². The normalized spacial score (nSPS) is 10.1. The number of hydrogen-bond acceptors (Lipinski definition) is 5. The third-order valence-electron chi connectivity index (χ3n) is 1.59. The van der Waals surface area contributed by atoms with Crippen LogP contribution in [0.3, 0.4) is 0 Å². The van der Waals surface area contributed by atoms with Gasteiger partial charge < -0.3 is 5.11 Å². The second-order valence-corrected chi connectivity index (χ2v) is 2.54. The topological polar surface area (TPSA) is 107 Å². The van der Waals surface area contributed by atoms with Crippen molar-refractivity contribution in [2.24, 2.45) is 0 Å². The molecule has 7 heteroatoms. The number of aromatic hydroxyl groups is 1. The Kier molecular flexibility index (Phi) is 2.61. The summed E-state index contributed by atoms with van der Waals surface area (Å²) < 4.78 is 0. The van der Waals surface area contributed by atoms with E-state index in [2.05, 4.69) is 0 Å². The number of benzene rings is 1. The minimum Gasteiger partial charge on any atom is -0.508 e. The van der Waals surface area contributed by atoms with E-state index < -0.39 is 16.0 Å². The molecule has 0 spiro atoms. The smallest absolute Gasteiger partial charge is 0.476 e. The summed E-state index contributed by atoms with van der Waals surface area (Å²) >= 11 is 0. The molecule has 0 saturated heterocycles. The summed E-state index contributed by atoms with van der Waals surface area (Å²) in [5, 5.41) is 29.5. The molecule has 1 N–H and O–H groups in total. The molecule has 0 saturated carbocycles. The fourth-order valence-electron chi connectivity index (χ4n) is 0.967. The van der Waals surface area contributed by atoms with E-state index >= 15 is 0 Å². The van der Waals surface area contributed by atoms with Crippen molar-refractivity contribution < 1.29 is 15.0 Å². The molecule has 0 heterocycles. The van der Waals surface area contributed by atoms with E-state index in [0.29, 0.717) is 0 Å². The Morgan fingerprint density at radius 2 is 1.50 bits per heavy atom. The van der Waals surface area contributed by atoms with E-state index in [1.54, 1.807) is 0 Å². The highest BCUT2D eigenvalue weighted by atomic mass is 16.7. The number of nitro groups is 2. The molecule has 0 radical (unpaired) electrons. The van der Waals surface area contributed by atoms with E-state index in [0.717, 1.165) is 24.3 Å². The SMILES string of the molecule is O=[N+]([O-])C(c1ccc(O)cc1)[N+](=O)[O-]. The minimum absolute atomic E-state index is 0.0715. The number of phenols is 1. The fourth-order valence-corrected chi connectivity index (χ4v) is 0.967. The largest absolute Gasteiger partial charge is 0.508 e. The molecule has 0 aliphatic heterocycles. The molecule has 1 aromatic rings. The zero-order valence-corrected chi connectivity index (χ0v) is 6.86. The maximum Gasteiger partial charge on any atom is 0.476 e. The van der Waals surface area contributed by atoms with Crippen LogP contribution in [0.2, 0.25) is 0 Å². The summed E-state index contributed by atoms with van der Waals surface area (Å²) in [5.41, 5.74) is -0.0715. The first kappa shape index (κ1) is 9.90. The van der Waals surface area contributed by atoms with Gasteiger partial charge in [-0.1, -0.05) is 0 Å². The van der Waals surface area contributed by atoms with Crippen molar-refractivity contribution in [1.82, 2.24) is 0 Å². The molecule has 14 heavy (non-hydrogen) atoms. The van der Waals surface area contributed by atoms with Crippen LogP contribution in [0.25, 0.3) is 0 Å². The maximum absolute atomic E-state index is 10.3. The molecular formula is C7H6N2O5. The van der Waals surface area contributed by atoms with Gasteiger partial charge in [-0.2, -0.15) is 0 Å². The van der Waals surface area contributed by atoms with Gasteiger partial charge in [0.25, 0.3) is 0 Å². The Balaban J connectivity index is 3.06. The Bertz CT molecular complexity index is 347. The van der Waals surface area contributed by atoms with Crippen LogP contribution < -0.4 is 0 Å². The van der Waals surface area contributed by atoms with Crippen LogP contribution in [0, 0.1) is 20.2 Å². The van der Waals surface area contributed by atoms with Crippen molar-refractivity contribution in [2.45, 2.75) is 6.17 Å². The molecule has 0 unspecified atom stereocenters. The lowest BCUT2D eigenvalue weighted by Gasteiger charge is -2.01. The molecule has 1 aromatic carbocycles. The molecule has 74 valence electrons. The molecule has 0 bridgehead atoms. The van der Waals surface area contributed by atoms with Crippen LogP contribution in [0.1, 0.15) is 11.7 Å². The lowest BCUT2D eigenvalue weighted by molar-refractivity contribution is -0.752. The Labute approximate surface area is 77.9 Å². The van der Waals surface area contributed by atoms with Crippen molar-refractivity contribution in [3.05, 3.63) is 50.1 Å². The third kappa shape index (κ3) is 1.94. The monoisotopic (exact) mass is 198 g/mol. The Morgan fingerprint density at radius 1 is 1.07 bits per heavy atom. The van der Waals surface area contributed by atoms with Gasteiger partial charge in [0.15, 0.2) is 0 Å². The quantitative estimate of drug-likeness (QED) is 0.442. The summed E-state index contributed by atoms with van der Waals surface area (Å²) in [5.74, 6) is -0.0980. The van der Waals surface area contributed by atoms with E-state index in [9.17, 15) is 20.2 Å². The predicted octanol–water partition coefficient (Wildman–Crippen LogP) is 0.944. The molecule has 0 amide bonds. The van der Waals surface area contributed by atoms with Crippen LogP contribution in [0.5, 0.6) is 5.75 Å². The first-order chi connectivity index (χ1) is 6.52. The maximum atomic E-state index is 10.3. The molecule has 0 atom stereocenters. The third-order valence-corrected chi connectivity index (χ3v) is 1.59. The molecule has 1 rings (SSSR count). The highest BCUT2D eigenvalue weighted by Gasteiger charge is 2.34. The highest BCUT2D eigenvalue weighted by Crippen LogP contribution is 2.19. The molecule has 0 fully saturated rings. The van der Waals surface area contributed by atoms with Gasteiger partial charge in [-0.25, -0.2) is 0 Å². The number of rotatable bonds is 3. The Hall–Kier alpha value is -2.18. The molecule has 0 aliphatic carbocycles. The average Bonchev–Trinajstić information content (AvgIpc) is 2.07. The average molecular weight is 198 g/mol. The molecule has 7 nitrogen and oxygen atoms in total. The lowest BCUT2D eigenvalue weighted by atomic mass is 10.2. The standard InChI is InChI=1S/C7H6N2O5/c10-6-3-1-5(2-4-6)7(8(11)12)9(13)14/h1-4,7,10H. The number of hydrogen-bond donors (Lipinski definition) is 1. The molecular weight excluding hydrogens is 192 g/mol. The zero-order chi connectivity index (χ0) is 10.7. The van der Waals surface area contributed by atoms with Crippen LogP contribution in [0.4, 0.5) is 0 Å². The van der Waals surface area contributed by atoms with E-state index in [-0.39, 0.29) is 11.3 Å². The lowest BCUT2D eigenvalue weighted by Crippen LogP contribution is -2.19. The first-order valence-corrected chi connectivity index (χ1v) is 3.58. The van der Waals surface area contributed by atoms with Gasteiger partial charge in [-0.05, 0) is 24.3 Å². The predicted molar refractivity (Wildman–Crippen MR) is 44.8 cm³/mol. The van der Waals surface area contributed by atoms with E-state index in [1.165, 1.54) is 0 Å². The van der Waals surface area contributed by atoms with Crippen LogP contribution in [0.15, 0.2) is 24.3 Å². The fraction of sp³-hybridized carbons (Fsp3) is 0.143. The van der Waals surface area contributed by atoms with Crippen molar-refractivity contribution in [3.8, 4) is 5.75 Å². The van der Waals surface area contributed by atoms with Gasteiger partial charge in [0, 0.05) is 0 Å². The summed E-state index contributed by atoms with van der Waals surface area (Å²) in [6.07, 6.45) is -1.98. The summed E-state index contributed by atoms with van der Waals surface area (Å²) in [6.45, 7) is 0. The molecule has 0 aliphatic rings. The van der Waals surface area contributed by atoms with Gasteiger partial charge in [0.1, 0.15) is 21.2 Å². The Morgan fingerprint density at radius 3 is 1.86 bits per heavy atom. The van der Waals surface area contributed by atoms with Crippen LogP contribution in [-0.2, 0) is 0 Å². The minimum atomic E-state index is -1.98. The van der Waals surface area contributed by atoms with Crippen molar-refractivity contribution in [3.63, 3.8) is 0 Å². The summed E-state index contributed by atoms with van der Waals surface area (Å²) in [7, 11) is 0. The first-order valence-electron chi connectivity index (χ1n) is 3.58. The van der Waals surface area contributed by atoms with E-state index in [1.807, 2.05) is 0 Å². The number of nitrogens with zero attached hydrogens (tertiary/aromatic N) is 2. The van der Waals surface area contributed by atoms with Gasteiger partial charge >= 0.3 is 6.17 Å². The van der Waals surface area contributed by atoms with Gasteiger partial charge in [0.05, 0.1) is 0 Å². The van der Waals surface area contributed by atoms with Crippen molar-refractivity contribution in [2.75, 3.05) is 0 Å². The summed E-state index contributed by atoms with van der Waals surface area (Å²) in [4.78, 5) is 18.7. The second kappa shape index (κ2) is 3.69. The zero-order valence-electron chi connectivity index (χ0n) is 6.86. The molecule has 0 aromatic heterocycles. The highest BCUT2D eigenvalue weighted by molar-refractivity contribution is 5.26. The van der Waals surface area contributed by atoms with Crippen LogP contribution in [-0.4, -0.2) is 15.0 Å². The van der Waals surface area contributed by atoms with Crippen LogP contribution >= 0.6 is 0 Å². The summed E-state index contributed by atoms with van der Waals surface area (Å²) in [6, 6.07) is 4.61. The van der Waals surface area contributed by atoms with Gasteiger partial charge in [-0.15, -0.1) is 0 Å². The number of phenolic OH excluding ortho intramolecular Hbond substituents is 1. The second-order valence-electron chi connectivity index (χ2n) is 2.54.